The summed E-state index contributed by atoms with van der Waals surface area (Å²) in [5.41, 5.74) is 4.47. The summed E-state index contributed by atoms with van der Waals surface area (Å²) in [6.45, 7) is 3.18. The summed E-state index contributed by atoms with van der Waals surface area (Å²) in [4.78, 5) is 25.8. The molecule has 4 heteroatoms. The molecule has 0 saturated heterocycles. The highest BCUT2D eigenvalue weighted by Gasteiger charge is 2.23. The second kappa shape index (κ2) is 7.97. The third-order valence-corrected chi connectivity index (χ3v) is 4.62. The van der Waals surface area contributed by atoms with Gasteiger partial charge in [0.2, 0.25) is 11.8 Å². The number of benzene rings is 2. The van der Waals surface area contributed by atoms with Gasteiger partial charge < -0.3 is 10.2 Å². The zero-order valence-corrected chi connectivity index (χ0v) is 14.6. The van der Waals surface area contributed by atoms with E-state index >= 15 is 0 Å². The van der Waals surface area contributed by atoms with Gasteiger partial charge in [0.15, 0.2) is 0 Å². The molecular formula is C21H24N2O2. The van der Waals surface area contributed by atoms with Crippen molar-refractivity contribution < 1.29 is 9.59 Å². The fourth-order valence-corrected chi connectivity index (χ4v) is 3.21. The molecule has 2 aromatic carbocycles. The number of hydrogen-bond acceptors (Lipinski definition) is 2. The highest BCUT2D eigenvalue weighted by molar-refractivity contribution is 5.95. The van der Waals surface area contributed by atoms with Crippen LogP contribution < -0.4 is 10.2 Å². The Morgan fingerprint density at radius 2 is 1.88 bits per heavy atom. The largest absolute Gasteiger partial charge is 0.352 e. The van der Waals surface area contributed by atoms with Crippen molar-refractivity contribution in [2.24, 2.45) is 0 Å². The van der Waals surface area contributed by atoms with Gasteiger partial charge in [-0.3, -0.25) is 9.59 Å². The van der Waals surface area contributed by atoms with Crippen molar-refractivity contribution in [3.05, 3.63) is 65.2 Å². The first-order valence-corrected chi connectivity index (χ1v) is 8.90. The summed E-state index contributed by atoms with van der Waals surface area (Å²) in [7, 11) is 0. The Kier molecular flexibility index (Phi) is 5.49. The molecule has 2 amide bonds. The van der Waals surface area contributed by atoms with Gasteiger partial charge in [-0.2, -0.15) is 0 Å². The molecule has 0 bridgehead atoms. The molecule has 4 nitrogen and oxygen atoms in total. The zero-order valence-electron chi connectivity index (χ0n) is 14.6. The lowest BCUT2D eigenvalue weighted by atomic mass is 10.1. The van der Waals surface area contributed by atoms with E-state index in [0.29, 0.717) is 19.4 Å². The summed E-state index contributed by atoms with van der Waals surface area (Å²) in [5.74, 6) is 0.229. The van der Waals surface area contributed by atoms with Crippen molar-refractivity contribution in [1.82, 2.24) is 5.32 Å². The van der Waals surface area contributed by atoms with Gasteiger partial charge in [-0.25, -0.2) is 0 Å². The lowest BCUT2D eigenvalue weighted by Crippen LogP contribution is -2.27. The van der Waals surface area contributed by atoms with Gasteiger partial charge in [-0.05, 0) is 35.6 Å². The van der Waals surface area contributed by atoms with Gasteiger partial charge in [0, 0.05) is 31.6 Å². The van der Waals surface area contributed by atoms with Crippen molar-refractivity contribution in [2.75, 3.05) is 11.4 Å². The number of nitrogens with zero attached hydrogens (tertiary/aromatic N) is 1. The van der Waals surface area contributed by atoms with Crippen LogP contribution >= 0.6 is 0 Å². The monoisotopic (exact) mass is 336 g/mol. The number of fused-ring (bicyclic) bond motifs is 1. The van der Waals surface area contributed by atoms with Crippen LogP contribution in [0.5, 0.6) is 0 Å². The Morgan fingerprint density at radius 1 is 1.08 bits per heavy atom. The molecule has 130 valence electrons. The molecule has 0 aromatic heterocycles. The van der Waals surface area contributed by atoms with Crippen molar-refractivity contribution in [3.63, 3.8) is 0 Å². The number of anilines is 1. The van der Waals surface area contributed by atoms with E-state index in [9.17, 15) is 9.59 Å². The van der Waals surface area contributed by atoms with Gasteiger partial charge >= 0.3 is 0 Å². The van der Waals surface area contributed by atoms with Gasteiger partial charge in [0.25, 0.3) is 0 Å². The van der Waals surface area contributed by atoms with Gasteiger partial charge in [0.1, 0.15) is 0 Å². The van der Waals surface area contributed by atoms with E-state index in [1.807, 2.05) is 54.3 Å². The molecule has 3 rings (SSSR count). The first-order valence-electron chi connectivity index (χ1n) is 8.90. The van der Waals surface area contributed by atoms with Crippen LogP contribution in [0.3, 0.4) is 0 Å². The number of aryl methyl sites for hydroxylation is 1. The number of rotatable bonds is 6. The molecule has 0 aliphatic carbocycles. The lowest BCUT2D eigenvalue weighted by molar-refractivity contribution is -0.121. The van der Waals surface area contributed by atoms with Crippen LogP contribution in [0.25, 0.3) is 0 Å². The summed E-state index contributed by atoms with van der Waals surface area (Å²) in [5, 5.41) is 2.99. The fraction of sp³-hybridized carbons (Fsp3) is 0.333. The molecule has 0 spiro atoms. The molecule has 2 aromatic rings. The van der Waals surface area contributed by atoms with E-state index in [0.717, 1.165) is 30.6 Å². The van der Waals surface area contributed by atoms with Crippen LogP contribution in [0.4, 0.5) is 5.69 Å². The van der Waals surface area contributed by atoms with Crippen LogP contribution in [0, 0.1) is 0 Å². The van der Waals surface area contributed by atoms with Gasteiger partial charge in [-0.1, -0.05) is 49.4 Å². The Morgan fingerprint density at radius 3 is 2.64 bits per heavy atom. The van der Waals surface area contributed by atoms with Crippen LogP contribution in [-0.4, -0.2) is 18.4 Å². The van der Waals surface area contributed by atoms with Crippen molar-refractivity contribution in [3.8, 4) is 0 Å². The van der Waals surface area contributed by atoms with E-state index in [-0.39, 0.29) is 11.8 Å². The number of amides is 2. The fourth-order valence-electron chi connectivity index (χ4n) is 3.21. The van der Waals surface area contributed by atoms with E-state index < -0.39 is 0 Å². The average Bonchev–Trinajstić information content (AvgIpc) is 3.08. The highest BCUT2D eigenvalue weighted by Crippen LogP contribution is 2.29. The second-order valence-electron chi connectivity index (χ2n) is 6.37. The summed E-state index contributed by atoms with van der Waals surface area (Å²) in [6, 6.07) is 16.1. The van der Waals surface area contributed by atoms with Crippen molar-refractivity contribution >= 4 is 17.5 Å². The van der Waals surface area contributed by atoms with Crippen LogP contribution in [0.1, 0.15) is 36.5 Å². The van der Waals surface area contributed by atoms with E-state index in [2.05, 4.69) is 11.4 Å². The first-order chi connectivity index (χ1) is 12.2. The normalized spacial score (nSPS) is 12.8. The molecule has 0 fully saturated rings. The molecule has 0 saturated carbocycles. The predicted octanol–water partition coefficient (Wildman–Crippen LogP) is 3.23. The summed E-state index contributed by atoms with van der Waals surface area (Å²) < 4.78 is 0. The number of nitrogens with one attached hydrogen (secondary N) is 1. The van der Waals surface area contributed by atoms with E-state index in [1.165, 1.54) is 11.1 Å². The Labute approximate surface area is 148 Å². The maximum Gasteiger partial charge on any atom is 0.226 e. The Bertz CT molecular complexity index is 756. The first kappa shape index (κ1) is 17.2. The minimum atomic E-state index is 0.0622. The van der Waals surface area contributed by atoms with Gasteiger partial charge in [0.05, 0.1) is 0 Å². The topological polar surface area (TPSA) is 49.4 Å². The quantitative estimate of drug-likeness (QED) is 0.880. The number of carbonyl (C=O) groups is 2. The molecule has 0 atom stereocenters. The highest BCUT2D eigenvalue weighted by atomic mass is 16.2. The minimum Gasteiger partial charge on any atom is -0.352 e. The predicted molar refractivity (Wildman–Crippen MR) is 99.4 cm³/mol. The van der Waals surface area contributed by atoms with Gasteiger partial charge in [-0.15, -0.1) is 0 Å². The smallest absolute Gasteiger partial charge is 0.226 e. The third kappa shape index (κ3) is 4.27. The molecular weight excluding hydrogens is 312 g/mol. The summed E-state index contributed by atoms with van der Waals surface area (Å²) >= 11 is 0. The maximum atomic E-state index is 12.0. The van der Waals surface area contributed by atoms with Crippen LogP contribution in [0.15, 0.2) is 48.5 Å². The van der Waals surface area contributed by atoms with Crippen LogP contribution in [-0.2, 0) is 29.0 Å². The van der Waals surface area contributed by atoms with E-state index in [1.54, 1.807) is 0 Å². The molecule has 0 unspecified atom stereocenters. The van der Waals surface area contributed by atoms with Crippen molar-refractivity contribution in [2.45, 2.75) is 39.2 Å². The van der Waals surface area contributed by atoms with E-state index in [4.69, 9.17) is 0 Å². The SMILES string of the molecule is CCC(=O)N1CCc2cc(CNC(=O)CCc3ccccc3)ccc21. The average molecular weight is 336 g/mol. The summed E-state index contributed by atoms with van der Waals surface area (Å²) in [6.07, 6.45) is 2.66. The third-order valence-electron chi connectivity index (χ3n) is 4.62. The Balaban J connectivity index is 1.52. The lowest BCUT2D eigenvalue weighted by Gasteiger charge is -2.16. The number of carbonyl (C=O) groups excluding carboxylic acids is 2. The number of hydrogen-bond donors (Lipinski definition) is 1. The van der Waals surface area contributed by atoms with Crippen molar-refractivity contribution in [1.29, 1.82) is 0 Å². The molecule has 1 N–H and O–H groups in total. The maximum absolute atomic E-state index is 12.0. The molecule has 1 aliphatic rings. The molecule has 1 aliphatic heterocycles. The van der Waals surface area contributed by atoms with Crippen LogP contribution in [0.2, 0.25) is 0 Å². The molecule has 1 heterocycles. The molecule has 25 heavy (non-hydrogen) atoms. The Hall–Kier alpha value is -2.62. The molecule has 0 radical (unpaired) electrons. The minimum absolute atomic E-state index is 0.0622. The standard InChI is InChI=1S/C21H24N2O2/c1-2-21(25)23-13-12-18-14-17(8-10-19(18)23)15-22-20(24)11-9-16-6-4-3-5-7-16/h3-8,10,14H,2,9,11-13,15H2,1H3,(H,22,24). The second-order valence-corrected chi connectivity index (χ2v) is 6.37. The zero-order chi connectivity index (χ0) is 17.6.